The van der Waals surface area contributed by atoms with Gasteiger partial charge < -0.3 is 5.32 Å². The highest BCUT2D eigenvalue weighted by Crippen LogP contribution is 2.31. The van der Waals surface area contributed by atoms with Crippen LogP contribution in [0.5, 0.6) is 0 Å². The number of fused-ring (bicyclic) bond motifs is 1. The van der Waals surface area contributed by atoms with Crippen LogP contribution in [-0.2, 0) is 17.6 Å². The molecule has 4 rings (SSSR count). The summed E-state index contributed by atoms with van der Waals surface area (Å²) in [6.45, 7) is 0. The molecule has 1 aromatic heterocycles. The third kappa shape index (κ3) is 4.72. The van der Waals surface area contributed by atoms with Crippen LogP contribution in [0.25, 0.3) is 5.69 Å². The summed E-state index contributed by atoms with van der Waals surface area (Å²) in [5.74, 6) is 0.549. The zero-order valence-corrected chi connectivity index (χ0v) is 18.1. The van der Waals surface area contributed by atoms with Crippen molar-refractivity contribution in [3.63, 3.8) is 0 Å². The van der Waals surface area contributed by atoms with Gasteiger partial charge in [-0.05, 0) is 49.9 Å². The number of anilines is 1. The average Bonchev–Trinajstić information content (AvgIpc) is 3.16. The molecule has 0 bridgehead atoms. The predicted molar refractivity (Wildman–Crippen MR) is 122 cm³/mol. The van der Waals surface area contributed by atoms with Crippen molar-refractivity contribution in [1.29, 1.82) is 5.26 Å². The first-order valence-corrected chi connectivity index (χ1v) is 11.9. The number of aromatic nitrogens is 2. The normalized spacial score (nSPS) is 12.8. The van der Waals surface area contributed by atoms with E-state index in [4.69, 9.17) is 10.2 Å². The molecule has 5 nitrogen and oxygen atoms in total. The van der Waals surface area contributed by atoms with Gasteiger partial charge in [0.15, 0.2) is 5.16 Å². The molecule has 1 N–H and O–H groups in total. The lowest BCUT2D eigenvalue weighted by Crippen LogP contribution is -2.15. The van der Waals surface area contributed by atoms with Crippen LogP contribution < -0.4 is 5.32 Å². The summed E-state index contributed by atoms with van der Waals surface area (Å²) < 4.78 is 2.21. The van der Waals surface area contributed by atoms with Crippen LogP contribution in [0.3, 0.4) is 0 Å². The van der Waals surface area contributed by atoms with Crippen LogP contribution in [0.15, 0.2) is 64.6 Å². The molecule has 2 aromatic carbocycles. The number of imidazole rings is 1. The van der Waals surface area contributed by atoms with Gasteiger partial charge in [0.2, 0.25) is 5.91 Å². The van der Waals surface area contributed by atoms with E-state index in [0.29, 0.717) is 5.75 Å². The highest BCUT2D eigenvalue weighted by atomic mass is 32.2. The van der Waals surface area contributed by atoms with Gasteiger partial charge in [0.05, 0.1) is 29.0 Å². The van der Waals surface area contributed by atoms with E-state index < -0.39 is 0 Å². The van der Waals surface area contributed by atoms with Crippen LogP contribution in [-0.4, -0.2) is 27.0 Å². The number of carbonyl (C=O) groups is 1. The maximum absolute atomic E-state index is 12.7. The first kappa shape index (κ1) is 20.6. The molecule has 0 saturated carbocycles. The van der Waals surface area contributed by atoms with Crippen molar-refractivity contribution in [2.24, 2.45) is 0 Å². The Kier molecular flexibility index (Phi) is 6.77. The number of rotatable bonds is 7. The fourth-order valence-corrected chi connectivity index (χ4v) is 5.10. The second-order valence-corrected chi connectivity index (χ2v) is 8.91. The highest BCUT2D eigenvalue weighted by Gasteiger charge is 2.22. The van der Waals surface area contributed by atoms with Gasteiger partial charge in [-0.25, -0.2) is 4.98 Å². The fourth-order valence-electron chi connectivity index (χ4n) is 3.58. The summed E-state index contributed by atoms with van der Waals surface area (Å²) in [7, 11) is 0. The Labute approximate surface area is 184 Å². The zero-order valence-electron chi connectivity index (χ0n) is 16.5. The predicted octanol–water partition coefficient (Wildman–Crippen LogP) is 5.10. The molecule has 0 radical (unpaired) electrons. The van der Waals surface area contributed by atoms with Crippen molar-refractivity contribution in [1.82, 2.24) is 9.55 Å². The molecule has 0 saturated heterocycles. The van der Waals surface area contributed by atoms with Crippen molar-refractivity contribution in [2.75, 3.05) is 16.8 Å². The van der Waals surface area contributed by atoms with Crippen molar-refractivity contribution in [3.05, 3.63) is 66.0 Å². The topological polar surface area (TPSA) is 70.7 Å². The number of hydrogen-bond acceptors (Lipinski definition) is 5. The van der Waals surface area contributed by atoms with E-state index in [1.54, 1.807) is 0 Å². The van der Waals surface area contributed by atoms with Gasteiger partial charge in [-0.1, -0.05) is 42.1 Å². The SMILES string of the molecule is N#CCSc1ccccc1NC(=O)CSc1nc2c(n1-c1ccccc1)CCCC2. The van der Waals surface area contributed by atoms with E-state index in [-0.39, 0.29) is 11.7 Å². The molecule has 3 aromatic rings. The van der Waals surface area contributed by atoms with Crippen LogP contribution in [0.4, 0.5) is 5.69 Å². The standard InChI is InChI=1S/C23H22N4OS2/c24-14-15-29-21-13-7-5-11-19(21)25-22(28)16-30-23-26-18-10-4-6-12-20(18)27(23)17-8-2-1-3-9-17/h1-3,5,7-9,11,13H,4,6,10,12,15-16H2,(H,25,28). The Morgan fingerprint density at radius 2 is 1.83 bits per heavy atom. The Balaban J connectivity index is 1.50. The van der Waals surface area contributed by atoms with Gasteiger partial charge >= 0.3 is 0 Å². The van der Waals surface area contributed by atoms with Gasteiger partial charge in [-0.3, -0.25) is 9.36 Å². The molecular weight excluding hydrogens is 412 g/mol. The third-order valence-electron chi connectivity index (χ3n) is 4.90. The number of nitriles is 1. The average molecular weight is 435 g/mol. The number of thioether (sulfide) groups is 2. The fraction of sp³-hybridized carbons (Fsp3) is 0.261. The van der Waals surface area contributed by atoms with Crippen molar-refractivity contribution in [2.45, 2.75) is 35.7 Å². The third-order valence-corrected chi connectivity index (χ3v) is 6.78. The van der Waals surface area contributed by atoms with Gasteiger partial charge in [0.1, 0.15) is 0 Å². The van der Waals surface area contributed by atoms with Gasteiger partial charge in [0.25, 0.3) is 0 Å². The maximum atomic E-state index is 12.7. The van der Waals surface area contributed by atoms with Crippen LogP contribution >= 0.6 is 23.5 Å². The molecule has 1 aliphatic carbocycles. The lowest BCUT2D eigenvalue weighted by Gasteiger charge is -2.15. The minimum atomic E-state index is -0.0782. The van der Waals surface area contributed by atoms with Crippen molar-refractivity contribution in [3.8, 4) is 11.8 Å². The zero-order chi connectivity index (χ0) is 20.8. The molecule has 7 heteroatoms. The second-order valence-electron chi connectivity index (χ2n) is 6.95. The summed E-state index contributed by atoms with van der Waals surface area (Å²) in [4.78, 5) is 18.4. The Morgan fingerprint density at radius 3 is 2.67 bits per heavy atom. The number of carbonyl (C=O) groups excluding carboxylic acids is 1. The van der Waals surface area contributed by atoms with Crippen LogP contribution in [0.2, 0.25) is 0 Å². The molecule has 0 atom stereocenters. The monoisotopic (exact) mass is 434 g/mol. The number of aryl methyl sites for hydroxylation is 1. The van der Waals surface area contributed by atoms with E-state index in [1.807, 2.05) is 42.5 Å². The molecule has 30 heavy (non-hydrogen) atoms. The maximum Gasteiger partial charge on any atom is 0.234 e. The lowest BCUT2D eigenvalue weighted by molar-refractivity contribution is -0.113. The van der Waals surface area contributed by atoms with E-state index in [2.05, 4.69) is 28.1 Å². The number of benzene rings is 2. The summed E-state index contributed by atoms with van der Waals surface area (Å²) in [6.07, 6.45) is 4.36. The van der Waals surface area contributed by atoms with E-state index in [1.165, 1.54) is 42.1 Å². The molecule has 0 aliphatic heterocycles. The minimum absolute atomic E-state index is 0.0782. The smallest absolute Gasteiger partial charge is 0.234 e. The Hall–Kier alpha value is -2.69. The van der Waals surface area contributed by atoms with Crippen LogP contribution in [0, 0.1) is 11.3 Å². The van der Waals surface area contributed by atoms with Gasteiger partial charge in [-0.2, -0.15) is 5.26 Å². The highest BCUT2D eigenvalue weighted by molar-refractivity contribution is 8.00. The molecule has 1 aliphatic rings. The summed E-state index contributed by atoms with van der Waals surface area (Å²) >= 11 is 2.89. The van der Waals surface area contributed by atoms with E-state index >= 15 is 0 Å². The number of hydrogen-bond donors (Lipinski definition) is 1. The first-order chi connectivity index (χ1) is 14.8. The van der Waals surface area contributed by atoms with E-state index in [9.17, 15) is 4.79 Å². The van der Waals surface area contributed by atoms with Gasteiger partial charge in [-0.15, -0.1) is 11.8 Å². The Morgan fingerprint density at radius 1 is 1.07 bits per heavy atom. The summed E-state index contributed by atoms with van der Waals surface area (Å²) in [5.41, 5.74) is 4.27. The number of amides is 1. The van der Waals surface area contributed by atoms with Crippen LogP contribution in [0.1, 0.15) is 24.2 Å². The molecule has 1 amide bonds. The molecule has 0 unspecified atom stereocenters. The molecule has 0 spiro atoms. The van der Waals surface area contributed by atoms with Crippen molar-refractivity contribution < 1.29 is 4.79 Å². The second kappa shape index (κ2) is 9.88. The number of para-hydroxylation sites is 2. The van der Waals surface area contributed by atoms with E-state index in [0.717, 1.165) is 40.0 Å². The molecular formula is C23H22N4OS2. The quantitative estimate of drug-likeness (QED) is 0.524. The minimum Gasteiger partial charge on any atom is -0.324 e. The largest absolute Gasteiger partial charge is 0.324 e. The summed E-state index contributed by atoms with van der Waals surface area (Å²) in [6, 6.07) is 19.9. The first-order valence-electron chi connectivity index (χ1n) is 9.93. The van der Waals surface area contributed by atoms with Gasteiger partial charge in [0, 0.05) is 16.3 Å². The lowest BCUT2D eigenvalue weighted by atomic mass is 10.0. The number of nitrogens with one attached hydrogen (secondary N) is 1. The van der Waals surface area contributed by atoms with Crippen molar-refractivity contribution >= 4 is 35.1 Å². The molecule has 152 valence electrons. The molecule has 0 fully saturated rings. The summed E-state index contributed by atoms with van der Waals surface area (Å²) in [5, 5.41) is 12.7. The number of nitrogens with zero attached hydrogens (tertiary/aromatic N) is 3. The Bertz CT molecular complexity index is 1070. The molecule has 1 heterocycles.